The molecule has 1 aliphatic heterocycles. The normalized spacial score (nSPS) is 16.4. The van der Waals surface area contributed by atoms with Crippen molar-refractivity contribution in [2.45, 2.75) is 24.0 Å². The van der Waals surface area contributed by atoms with Gasteiger partial charge in [0.05, 0.1) is 5.54 Å². The van der Waals surface area contributed by atoms with Crippen LogP contribution < -0.4 is 10.6 Å². The molecule has 0 radical (unpaired) electrons. The van der Waals surface area contributed by atoms with E-state index < -0.39 is 29.5 Å². The second kappa shape index (κ2) is 13.8. The zero-order chi connectivity index (χ0) is 30.1. The second-order valence-corrected chi connectivity index (χ2v) is 10.4. The predicted octanol–water partition coefficient (Wildman–Crippen LogP) is 4.24. The van der Waals surface area contributed by atoms with Gasteiger partial charge in [0.25, 0.3) is 0 Å². The average molecular weight is 574 g/mol. The molecule has 7 heteroatoms. The Morgan fingerprint density at radius 1 is 0.814 bits per heavy atom. The molecule has 4 aromatic rings. The van der Waals surface area contributed by atoms with E-state index in [-0.39, 0.29) is 25.5 Å². The molecular weight excluding hydrogens is 538 g/mol. The van der Waals surface area contributed by atoms with Crippen LogP contribution in [0.3, 0.4) is 0 Å². The molecule has 1 saturated heterocycles. The van der Waals surface area contributed by atoms with Gasteiger partial charge in [0.2, 0.25) is 11.8 Å². The Hall–Kier alpha value is -5.01. The van der Waals surface area contributed by atoms with E-state index in [4.69, 9.17) is 4.74 Å². The molecule has 2 N–H and O–H groups in total. The van der Waals surface area contributed by atoms with Crippen molar-refractivity contribution in [2.24, 2.45) is 0 Å². The first-order chi connectivity index (χ1) is 21.0. The SMILES string of the molecule is C=CCOC(=O)CNC(=O)[C@H](Cc1ccccc1)NC(=O)C1CN1C(c1ccccc1)(c1ccccc1)c1ccccc1. The van der Waals surface area contributed by atoms with Crippen LogP contribution in [0.15, 0.2) is 134 Å². The van der Waals surface area contributed by atoms with E-state index in [1.54, 1.807) is 0 Å². The molecule has 0 saturated carbocycles. The minimum absolute atomic E-state index is 0.0579. The molecule has 2 amide bonds. The fourth-order valence-electron chi connectivity index (χ4n) is 5.58. The number of amides is 2. The van der Waals surface area contributed by atoms with Gasteiger partial charge in [0.15, 0.2) is 0 Å². The number of rotatable bonds is 13. The standard InChI is InChI=1S/C36H35N3O4/c1-2-23-43-33(40)25-37-34(41)31(24-27-15-7-3-8-16-27)38-35(42)32-26-39(32)36(28-17-9-4-10-18-28,29-19-11-5-12-20-29)30-21-13-6-14-22-30/h2-22,31-32H,1,23-26H2,(H,37,41)(H,38,42)/t31-,32?,39?/m0/s1. The fourth-order valence-corrected chi connectivity index (χ4v) is 5.58. The minimum atomic E-state index is -0.885. The van der Waals surface area contributed by atoms with Crippen LogP contribution in [0.4, 0.5) is 0 Å². The van der Waals surface area contributed by atoms with E-state index in [2.05, 4.69) is 58.5 Å². The summed E-state index contributed by atoms with van der Waals surface area (Å²) in [5.41, 5.74) is 3.28. The molecule has 1 aliphatic rings. The van der Waals surface area contributed by atoms with Crippen molar-refractivity contribution >= 4 is 17.8 Å². The average Bonchev–Trinajstić information content (AvgIpc) is 3.86. The van der Waals surface area contributed by atoms with Crippen molar-refractivity contribution < 1.29 is 19.1 Å². The Bertz CT molecular complexity index is 1430. The Labute approximate surface area is 252 Å². The Morgan fingerprint density at radius 2 is 1.30 bits per heavy atom. The van der Waals surface area contributed by atoms with Crippen LogP contribution in [0.1, 0.15) is 22.3 Å². The Morgan fingerprint density at radius 3 is 1.79 bits per heavy atom. The Kier molecular flexibility index (Phi) is 9.44. The molecule has 0 spiro atoms. The van der Waals surface area contributed by atoms with Gasteiger partial charge in [-0.2, -0.15) is 0 Å². The van der Waals surface area contributed by atoms with Crippen LogP contribution in [-0.4, -0.2) is 54.5 Å². The number of nitrogens with zero attached hydrogens (tertiary/aromatic N) is 1. The highest BCUT2D eigenvalue weighted by Crippen LogP contribution is 2.48. The molecule has 3 atom stereocenters. The number of esters is 1. The molecule has 2 unspecified atom stereocenters. The number of ether oxygens (including phenoxy) is 1. The molecule has 7 nitrogen and oxygen atoms in total. The van der Waals surface area contributed by atoms with Gasteiger partial charge in [-0.05, 0) is 22.3 Å². The second-order valence-electron chi connectivity index (χ2n) is 10.4. The lowest BCUT2D eigenvalue weighted by Crippen LogP contribution is -2.51. The third-order valence-electron chi connectivity index (χ3n) is 7.61. The van der Waals surface area contributed by atoms with Gasteiger partial charge in [0.1, 0.15) is 25.2 Å². The van der Waals surface area contributed by atoms with Gasteiger partial charge in [-0.25, -0.2) is 0 Å². The van der Waals surface area contributed by atoms with Gasteiger partial charge in [-0.3, -0.25) is 19.3 Å². The number of carbonyl (C=O) groups excluding carboxylic acids is 3. The quantitative estimate of drug-likeness (QED) is 0.108. The summed E-state index contributed by atoms with van der Waals surface area (Å²) < 4.78 is 4.98. The molecule has 4 aromatic carbocycles. The zero-order valence-corrected chi connectivity index (χ0v) is 23.9. The van der Waals surface area contributed by atoms with Crippen molar-refractivity contribution in [3.8, 4) is 0 Å². The summed E-state index contributed by atoms with van der Waals surface area (Å²) in [6, 6.07) is 38.6. The number of carbonyl (C=O) groups is 3. The minimum Gasteiger partial charge on any atom is -0.460 e. The molecule has 5 rings (SSSR count). The topological polar surface area (TPSA) is 87.5 Å². The lowest BCUT2D eigenvalue weighted by molar-refractivity contribution is -0.143. The lowest BCUT2D eigenvalue weighted by atomic mass is 9.76. The maximum atomic E-state index is 13.9. The van der Waals surface area contributed by atoms with Gasteiger partial charge < -0.3 is 15.4 Å². The summed E-state index contributed by atoms with van der Waals surface area (Å²) in [6.45, 7) is 3.78. The largest absolute Gasteiger partial charge is 0.460 e. The van der Waals surface area contributed by atoms with Crippen molar-refractivity contribution in [2.75, 3.05) is 19.7 Å². The highest BCUT2D eigenvalue weighted by molar-refractivity contribution is 5.92. The summed E-state index contributed by atoms with van der Waals surface area (Å²) in [5, 5.41) is 5.61. The molecule has 218 valence electrons. The summed E-state index contributed by atoms with van der Waals surface area (Å²) in [4.78, 5) is 41.4. The molecule has 0 bridgehead atoms. The summed E-state index contributed by atoms with van der Waals surface area (Å²) in [7, 11) is 0. The van der Waals surface area contributed by atoms with Gasteiger partial charge in [0, 0.05) is 13.0 Å². The molecule has 1 heterocycles. The number of hydrogen-bond donors (Lipinski definition) is 2. The van der Waals surface area contributed by atoms with E-state index in [1.807, 2.05) is 84.9 Å². The number of nitrogens with one attached hydrogen (secondary N) is 2. The third-order valence-corrected chi connectivity index (χ3v) is 7.61. The predicted molar refractivity (Wildman–Crippen MR) is 166 cm³/mol. The molecule has 0 aliphatic carbocycles. The smallest absolute Gasteiger partial charge is 0.325 e. The first-order valence-electron chi connectivity index (χ1n) is 14.4. The lowest BCUT2D eigenvalue weighted by Gasteiger charge is -2.38. The highest BCUT2D eigenvalue weighted by atomic mass is 16.5. The molecular formula is C36H35N3O4. The summed E-state index contributed by atoms with van der Waals surface area (Å²) >= 11 is 0. The molecule has 1 fully saturated rings. The van der Waals surface area contributed by atoms with E-state index in [0.717, 1.165) is 22.3 Å². The highest BCUT2D eigenvalue weighted by Gasteiger charge is 2.56. The maximum absolute atomic E-state index is 13.9. The van der Waals surface area contributed by atoms with Crippen LogP contribution in [0.2, 0.25) is 0 Å². The third kappa shape index (κ3) is 6.74. The van der Waals surface area contributed by atoms with Crippen LogP contribution in [0.25, 0.3) is 0 Å². The first kappa shape index (κ1) is 29.5. The molecule has 0 aromatic heterocycles. The van der Waals surface area contributed by atoms with Crippen LogP contribution >= 0.6 is 0 Å². The van der Waals surface area contributed by atoms with Crippen LogP contribution in [0.5, 0.6) is 0 Å². The van der Waals surface area contributed by atoms with Crippen molar-refractivity contribution in [1.82, 2.24) is 15.5 Å². The van der Waals surface area contributed by atoms with Gasteiger partial charge in [-0.15, -0.1) is 0 Å². The van der Waals surface area contributed by atoms with Gasteiger partial charge in [-0.1, -0.05) is 134 Å². The van der Waals surface area contributed by atoms with Crippen molar-refractivity contribution in [3.63, 3.8) is 0 Å². The monoisotopic (exact) mass is 573 g/mol. The van der Waals surface area contributed by atoms with Crippen LogP contribution in [-0.2, 0) is 31.1 Å². The van der Waals surface area contributed by atoms with E-state index in [0.29, 0.717) is 6.54 Å². The van der Waals surface area contributed by atoms with Crippen molar-refractivity contribution in [1.29, 1.82) is 0 Å². The fraction of sp³-hybridized carbons (Fsp3) is 0.194. The number of benzene rings is 4. The van der Waals surface area contributed by atoms with E-state index in [9.17, 15) is 14.4 Å². The summed E-state index contributed by atoms with van der Waals surface area (Å²) in [5.74, 6) is -1.29. The van der Waals surface area contributed by atoms with Crippen molar-refractivity contribution in [3.05, 3.63) is 156 Å². The van der Waals surface area contributed by atoms with Crippen LogP contribution in [0, 0.1) is 0 Å². The molecule has 43 heavy (non-hydrogen) atoms. The van der Waals surface area contributed by atoms with E-state index >= 15 is 0 Å². The van der Waals surface area contributed by atoms with E-state index in [1.165, 1.54) is 6.08 Å². The van der Waals surface area contributed by atoms with Gasteiger partial charge >= 0.3 is 5.97 Å². The maximum Gasteiger partial charge on any atom is 0.325 e. The summed E-state index contributed by atoms with van der Waals surface area (Å²) in [6.07, 6.45) is 1.73. The zero-order valence-electron chi connectivity index (χ0n) is 23.9. The Balaban J connectivity index is 1.43. The number of hydrogen-bond acceptors (Lipinski definition) is 5. The first-order valence-corrected chi connectivity index (χ1v) is 14.4.